The Hall–Kier alpha value is -1.65. The number of hydrogen-bond acceptors (Lipinski definition) is 5. The minimum Gasteiger partial charge on any atom is -0.465 e. The van der Waals surface area contributed by atoms with Crippen LogP contribution in [0.4, 0.5) is 0 Å². The molecule has 1 saturated heterocycles. The summed E-state index contributed by atoms with van der Waals surface area (Å²) in [6.07, 6.45) is 13.4. The van der Waals surface area contributed by atoms with Crippen LogP contribution in [0.5, 0.6) is 0 Å². The van der Waals surface area contributed by atoms with Crippen LogP contribution in [-0.4, -0.2) is 30.4 Å². The fourth-order valence-electron chi connectivity index (χ4n) is 9.28. The van der Waals surface area contributed by atoms with Gasteiger partial charge in [-0.05, 0) is 98.4 Å². The summed E-state index contributed by atoms with van der Waals surface area (Å²) in [5.41, 5.74) is 0.0717. The van der Waals surface area contributed by atoms with Crippen molar-refractivity contribution in [1.82, 2.24) is 0 Å². The number of esters is 2. The molecule has 0 radical (unpaired) electrons. The number of hydrogen-bond donors (Lipinski definition) is 0. The molecule has 0 amide bonds. The Labute approximate surface area is 204 Å². The van der Waals surface area contributed by atoms with Gasteiger partial charge in [0.15, 0.2) is 5.78 Å². The lowest BCUT2D eigenvalue weighted by atomic mass is 9.45. The first-order valence-electron chi connectivity index (χ1n) is 13.7. The van der Waals surface area contributed by atoms with Crippen LogP contribution in [0.25, 0.3) is 0 Å². The second-order valence-corrected chi connectivity index (χ2v) is 12.6. The van der Waals surface area contributed by atoms with Gasteiger partial charge in [-0.2, -0.15) is 0 Å². The fraction of sp³-hybridized carbons (Fsp3) is 0.828. The van der Waals surface area contributed by atoms with Crippen molar-refractivity contribution < 1.29 is 23.9 Å². The lowest BCUT2D eigenvalue weighted by Crippen LogP contribution is -2.55. The Balaban J connectivity index is 1.43. The SMILES string of the molecule is CC(=O)OCC12CCC3C(CCC4CC(=O)C=CC43C)C1CCC2C(C)C1CCC(C)C(=O)O1. The van der Waals surface area contributed by atoms with Gasteiger partial charge in [-0.3, -0.25) is 14.4 Å². The lowest BCUT2D eigenvalue weighted by molar-refractivity contribution is -0.171. The minimum atomic E-state index is -0.198. The highest BCUT2D eigenvalue weighted by Gasteiger charge is 2.63. The van der Waals surface area contributed by atoms with Gasteiger partial charge < -0.3 is 9.47 Å². The highest BCUT2D eigenvalue weighted by atomic mass is 16.5. The number of rotatable bonds is 4. The molecule has 4 aliphatic carbocycles. The fourth-order valence-corrected chi connectivity index (χ4v) is 9.28. The molecule has 5 nitrogen and oxygen atoms in total. The molecule has 1 aliphatic heterocycles. The quantitative estimate of drug-likeness (QED) is 0.507. The van der Waals surface area contributed by atoms with E-state index in [1.165, 1.54) is 13.3 Å². The van der Waals surface area contributed by atoms with E-state index >= 15 is 0 Å². The van der Waals surface area contributed by atoms with Gasteiger partial charge in [-0.25, -0.2) is 0 Å². The van der Waals surface area contributed by atoms with Gasteiger partial charge in [0.2, 0.25) is 0 Å². The molecule has 5 rings (SSSR count). The molecule has 4 fully saturated rings. The maximum Gasteiger partial charge on any atom is 0.308 e. The van der Waals surface area contributed by atoms with Crippen molar-refractivity contribution in [2.75, 3.05) is 6.61 Å². The van der Waals surface area contributed by atoms with E-state index in [1.54, 1.807) is 0 Å². The molecule has 188 valence electrons. The van der Waals surface area contributed by atoms with E-state index in [0.717, 1.165) is 44.9 Å². The van der Waals surface area contributed by atoms with Crippen LogP contribution in [0.15, 0.2) is 12.2 Å². The molecule has 0 aromatic carbocycles. The molecule has 10 unspecified atom stereocenters. The van der Waals surface area contributed by atoms with E-state index in [-0.39, 0.29) is 46.5 Å². The Bertz CT molecular complexity index is 878. The Morgan fingerprint density at radius 1 is 1.12 bits per heavy atom. The third-order valence-corrected chi connectivity index (χ3v) is 11.1. The van der Waals surface area contributed by atoms with Gasteiger partial charge in [0, 0.05) is 18.8 Å². The summed E-state index contributed by atoms with van der Waals surface area (Å²) in [6.45, 7) is 8.65. The largest absolute Gasteiger partial charge is 0.465 e. The molecule has 3 saturated carbocycles. The van der Waals surface area contributed by atoms with Crippen molar-refractivity contribution in [2.24, 2.45) is 52.3 Å². The predicted octanol–water partition coefficient (Wildman–Crippen LogP) is 5.51. The third kappa shape index (κ3) is 3.76. The summed E-state index contributed by atoms with van der Waals surface area (Å²) in [6, 6.07) is 0. The van der Waals surface area contributed by atoms with Crippen molar-refractivity contribution in [1.29, 1.82) is 0 Å². The smallest absolute Gasteiger partial charge is 0.308 e. The van der Waals surface area contributed by atoms with Crippen LogP contribution >= 0.6 is 0 Å². The van der Waals surface area contributed by atoms with E-state index in [4.69, 9.17) is 9.47 Å². The van der Waals surface area contributed by atoms with E-state index in [1.807, 2.05) is 13.0 Å². The van der Waals surface area contributed by atoms with Crippen LogP contribution in [0.2, 0.25) is 0 Å². The maximum absolute atomic E-state index is 12.4. The molecule has 34 heavy (non-hydrogen) atoms. The molecule has 0 aromatic rings. The van der Waals surface area contributed by atoms with Crippen molar-refractivity contribution in [3.05, 3.63) is 12.2 Å². The maximum atomic E-state index is 12.4. The normalized spacial score (nSPS) is 46.6. The Morgan fingerprint density at radius 3 is 2.65 bits per heavy atom. The minimum absolute atomic E-state index is 0.00317. The molecule has 5 heteroatoms. The Morgan fingerprint density at radius 2 is 1.91 bits per heavy atom. The van der Waals surface area contributed by atoms with Crippen LogP contribution < -0.4 is 0 Å². The van der Waals surface area contributed by atoms with Gasteiger partial charge in [-0.1, -0.05) is 26.8 Å². The number of cyclic esters (lactones) is 1. The number of carbonyl (C=O) groups is 3. The average Bonchev–Trinajstić information content (AvgIpc) is 3.19. The summed E-state index contributed by atoms with van der Waals surface area (Å²) < 4.78 is 11.8. The van der Waals surface area contributed by atoms with Gasteiger partial charge in [0.05, 0.1) is 12.5 Å². The lowest BCUT2D eigenvalue weighted by Gasteiger charge is -2.60. The van der Waals surface area contributed by atoms with Crippen molar-refractivity contribution in [2.45, 2.75) is 91.6 Å². The van der Waals surface area contributed by atoms with Gasteiger partial charge in [0.1, 0.15) is 6.10 Å². The van der Waals surface area contributed by atoms with E-state index in [2.05, 4.69) is 19.9 Å². The zero-order valence-corrected chi connectivity index (χ0v) is 21.4. The van der Waals surface area contributed by atoms with Crippen molar-refractivity contribution >= 4 is 17.7 Å². The highest BCUT2D eigenvalue weighted by Crippen LogP contribution is 2.68. The molecule has 10 atom stereocenters. The molecule has 0 bridgehead atoms. The van der Waals surface area contributed by atoms with Crippen LogP contribution in [0.1, 0.15) is 85.5 Å². The summed E-state index contributed by atoms with van der Waals surface area (Å²) in [5, 5.41) is 0. The van der Waals surface area contributed by atoms with Crippen LogP contribution in [0.3, 0.4) is 0 Å². The summed E-state index contributed by atoms with van der Waals surface area (Å²) in [5.74, 6) is 2.89. The summed E-state index contributed by atoms with van der Waals surface area (Å²) in [4.78, 5) is 36.5. The van der Waals surface area contributed by atoms with E-state index in [9.17, 15) is 14.4 Å². The Kier molecular flexibility index (Phi) is 6.21. The molecule has 0 spiro atoms. The second kappa shape index (κ2) is 8.78. The second-order valence-electron chi connectivity index (χ2n) is 12.6. The first kappa shape index (κ1) is 24.1. The van der Waals surface area contributed by atoms with Crippen molar-refractivity contribution in [3.63, 3.8) is 0 Å². The topological polar surface area (TPSA) is 69.7 Å². The van der Waals surface area contributed by atoms with Crippen LogP contribution in [0, 0.1) is 52.3 Å². The summed E-state index contributed by atoms with van der Waals surface area (Å²) >= 11 is 0. The van der Waals surface area contributed by atoms with Crippen LogP contribution in [-0.2, 0) is 23.9 Å². The predicted molar refractivity (Wildman–Crippen MR) is 129 cm³/mol. The number of ether oxygens (including phenoxy) is 2. The average molecular weight is 471 g/mol. The highest BCUT2D eigenvalue weighted by molar-refractivity contribution is 5.91. The molecular formula is C29H42O5. The van der Waals surface area contributed by atoms with E-state index < -0.39 is 0 Å². The van der Waals surface area contributed by atoms with E-state index in [0.29, 0.717) is 42.6 Å². The van der Waals surface area contributed by atoms with Crippen molar-refractivity contribution in [3.8, 4) is 0 Å². The molecule has 0 aromatic heterocycles. The number of carbonyl (C=O) groups excluding carboxylic acids is 3. The monoisotopic (exact) mass is 470 g/mol. The third-order valence-electron chi connectivity index (χ3n) is 11.1. The zero-order valence-electron chi connectivity index (χ0n) is 21.4. The van der Waals surface area contributed by atoms with Gasteiger partial charge in [0.25, 0.3) is 0 Å². The number of fused-ring (bicyclic) bond motifs is 5. The van der Waals surface area contributed by atoms with Gasteiger partial charge in [-0.15, -0.1) is 0 Å². The van der Waals surface area contributed by atoms with Gasteiger partial charge >= 0.3 is 11.9 Å². The molecular weight excluding hydrogens is 428 g/mol. The molecule has 0 N–H and O–H groups in total. The molecule has 1 heterocycles. The standard InChI is InChI=1S/C29H42O5/c1-17-5-10-26(34-27(17)32)18(2)23-8-9-25-22-7-6-20-15-21(31)11-13-28(20,4)24(22)12-14-29(23,25)16-33-19(3)30/h11,13,17-18,20,22-26H,5-10,12,14-16H2,1-4H3. The number of allylic oxidation sites excluding steroid dienone is 2. The number of ketones is 1. The first-order valence-corrected chi connectivity index (χ1v) is 13.7. The zero-order chi connectivity index (χ0) is 24.3. The first-order chi connectivity index (χ1) is 16.2. The molecule has 5 aliphatic rings. The summed E-state index contributed by atoms with van der Waals surface area (Å²) in [7, 11) is 0.